The van der Waals surface area contributed by atoms with E-state index in [9.17, 15) is 0 Å². The molecule has 3 aromatic carbocycles. The molecule has 0 N–H and O–H groups in total. The maximum Gasteiger partial charge on any atom is 0.269 e. The second-order valence-corrected chi connectivity index (χ2v) is 13.7. The summed E-state index contributed by atoms with van der Waals surface area (Å²) in [7, 11) is 0. The summed E-state index contributed by atoms with van der Waals surface area (Å²) in [5.41, 5.74) is 15.7. The van der Waals surface area contributed by atoms with E-state index in [-0.39, 0.29) is 0 Å². The van der Waals surface area contributed by atoms with Crippen LogP contribution in [0.4, 0.5) is 0 Å². The average molecular weight is 570 g/mol. The number of rotatable bonds is 6. The van der Waals surface area contributed by atoms with Gasteiger partial charge in [0, 0.05) is 6.20 Å². The third-order valence-corrected chi connectivity index (χ3v) is 9.31. The Hall–Kier alpha value is -3.72. The van der Waals surface area contributed by atoms with Crippen LogP contribution in [-0.4, -0.2) is 9.55 Å². The zero-order chi connectivity index (χ0) is 30.4. The van der Waals surface area contributed by atoms with Crippen LogP contribution in [0.5, 0.6) is 0 Å². The molecule has 4 aliphatic rings. The lowest BCUT2D eigenvalue weighted by Crippen LogP contribution is -2.34. The molecule has 5 aromatic rings. The van der Waals surface area contributed by atoms with Crippen LogP contribution in [0.1, 0.15) is 124 Å². The number of benzene rings is 3. The van der Waals surface area contributed by atoms with E-state index in [1.54, 1.807) is 0 Å². The Morgan fingerprint density at radius 2 is 1.12 bits per heavy atom. The first-order valence-electron chi connectivity index (χ1n) is 16.4. The monoisotopic (exact) mass is 569 g/mol. The van der Waals surface area contributed by atoms with Crippen molar-refractivity contribution >= 4 is 11.0 Å². The Bertz CT molecular complexity index is 1590. The van der Waals surface area contributed by atoms with Crippen molar-refractivity contribution in [2.24, 2.45) is 0 Å². The molecule has 9 rings (SSSR count). The maximum atomic E-state index is 5.24. The Balaban J connectivity index is 1.78. The Kier molecular flexibility index (Phi) is 8.02. The van der Waals surface area contributed by atoms with Crippen molar-refractivity contribution in [1.29, 1.82) is 0 Å². The molecule has 0 amide bonds. The van der Waals surface area contributed by atoms with Crippen LogP contribution in [0.2, 0.25) is 0 Å². The predicted molar refractivity (Wildman–Crippen MR) is 179 cm³/mol. The first kappa shape index (κ1) is 29.4. The quantitative estimate of drug-likeness (QED) is 0.147. The summed E-state index contributed by atoms with van der Waals surface area (Å²) in [5.74, 6) is 1.53. The third kappa shape index (κ3) is 5.32. The van der Waals surface area contributed by atoms with E-state index in [0.717, 1.165) is 31.4 Å². The van der Waals surface area contributed by atoms with Crippen molar-refractivity contribution in [3.63, 3.8) is 0 Å². The summed E-state index contributed by atoms with van der Waals surface area (Å²) in [6, 6.07) is 23.0. The summed E-state index contributed by atoms with van der Waals surface area (Å²) in [4.78, 5) is 5.24. The Morgan fingerprint density at radius 3 is 1.63 bits per heavy atom. The summed E-state index contributed by atoms with van der Waals surface area (Å²) in [6.45, 7) is 18.5. The molecular formula is C40H47N3. The van der Waals surface area contributed by atoms with E-state index < -0.39 is 0 Å². The van der Waals surface area contributed by atoms with Crippen molar-refractivity contribution in [3.8, 4) is 11.4 Å². The molecule has 2 aliphatic carbocycles. The molecule has 0 saturated heterocycles. The second kappa shape index (κ2) is 11.8. The smallest absolute Gasteiger partial charge is 0.269 e. The molecule has 222 valence electrons. The van der Waals surface area contributed by atoms with E-state index >= 15 is 0 Å². The van der Waals surface area contributed by atoms with Crippen LogP contribution in [0.15, 0.2) is 66.9 Å². The van der Waals surface area contributed by atoms with Crippen molar-refractivity contribution < 1.29 is 4.57 Å². The summed E-state index contributed by atoms with van der Waals surface area (Å²) in [6.07, 6.45) is 9.99. The summed E-state index contributed by atoms with van der Waals surface area (Å²) >= 11 is 0. The van der Waals surface area contributed by atoms with Crippen LogP contribution in [0.25, 0.3) is 22.4 Å². The number of aryl methyl sites for hydroxylation is 4. The average Bonchev–Trinajstić information content (AvgIpc) is 3.38. The highest BCUT2D eigenvalue weighted by Crippen LogP contribution is 2.36. The van der Waals surface area contributed by atoms with E-state index in [1.165, 1.54) is 61.4 Å². The number of para-hydroxylation sites is 2. The normalized spacial score (nSPS) is 13.6. The highest BCUT2D eigenvalue weighted by molar-refractivity contribution is 5.81. The minimum Gasteiger partial charge on any atom is -0.291 e. The van der Waals surface area contributed by atoms with Crippen LogP contribution in [0, 0.1) is 6.33 Å². The van der Waals surface area contributed by atoms with Gasteiger partial charge in [-0.15, -0.1) is 0 Å². The maximum absolute atomic E-state index is 5.24. The largest absolute Gasteiger partial charge is 0.291 e. The van der Waals surface area contributed by atoms with Crippen LogP contribution >= 0.6 is 0 Å². The van der Waals surface area contributed by atoms with Gasteiger partial charge in [-0.3, -0.25) is 14.1 Å². The van der Waals surface area contributed by atoms with Gasteiger partial charge >= 0.3 is 0 Å². The first-order chi connectivity index (χ1) is 20.7. The van der Waals surface area contributed by atoms with Gasteiger partial charge in [0.25, 0.3) is 6.33 Å². The van der Waals surface area contributed by atoms with Gasteiger partial charge in [-0.1, -0.05) is 116 Å². The molecule has 0 spiro atoms. The predicted octanol–water partition coefficient (Wildman–Crippen LogP) is 9.48. The zero-order valence-corrected chi connectivity index (χ0v) is 27.3. The van der Waals surface area contributed by atoms with Crippen molar-refractivity contribution in [2.45, 2.75) is 105 Å². The Morgan fingerprint density at radius 1 is 0.628 bits per heavy atom. The fourth-order valence-electron chi connectivity index (χ4n) is 6.90. The van der Waals surface area contributed by atoms with Gasteiger partial charge in [0.1, 0.15) is 5.52 Å². The second-order valence-electron chi connectivity index (χ2n) is 13.7. The lowest BCUT2D eigenvalue weighted by molar-refractivity contribution is -0.574. The molecule has 2 aromatic heterocycles. The SMILES string of the molecule is CC(C)c1cccc(C(C)C)c1-n1[c-][n+](-c2c(C(C)C)cccc2C(C)C)c2c3ncc(c21)CCc1ccc(cc1)CC3. The molecule has 0 unspecified atom stereocenters. The number of nitrogens with zero attached hydrogens (tertiary/aromatic N) is 3. The third-order valence-electron chi connectivity index (χ3n) is 9.31. The minimum absolute atomic E-state index is 0.380. The van der Waals surface area contributed by atoms with Crippen molar-refractivity contribution in [1.82, 2.24) is 9.55 Å². The molecule has 4 heterocycles. The van der Waals surface area contributed by atoms with E-state index in [1.807, 2.05) is 0 Å². The van der Waals surface area contributed by atoms with Gasteiger partial charge in [-0.2, -0.15) is 0 Å². The van der Waals surface area contributed by atoms with Gasteiger partial charge in [0.05, 0.1) is 22.6 Å². The fourth-order valence-corrected chi connectivity index (χ4v) is 6.90. The van der Waals surface area contributed by atoms with Gasteiger partial charge < -0.3 is 0 Å². The standard InChI is InChI=1S/C40H47N3/c1-25(2)32-11-9-12-33(26(3)4)38(32)42-24-43(39-34(27(5)6)13-10-14-35(39)28(7)8)40-36-22-20-30-17-15-29(16-18-30)19-21-31(23-41-36)37(40)42/h9-18,23,25-28H,19-22H2,1-8H3. The van der Waals surface area contributed by atoms with Gasteiger partial charge in [0.2, 0.25) is 0 Å². The molecule has 3 heteroatoms. The summed E-state index contributed by atoms with van der Waals surface area (Å²) < 4.78 is 4.86. The molecule has 0 fully saturated rings. The molecule has 0 atom stereocenters. The van der Waals surface area contributed by atoms with Crippen molar-refractivity contribution in [2.75, 3.05) is 0 Å². The van der Waals surface area contributed by atoms with Gasteiger partial charge in [-0.05, 0) is 88.3 Å². The van der Waals surface area contributed by atoms with Crippen LogP contribution in [-0.2, 0) is 25.7 Å². The topological polar surface area (TPSA) is 21.7 Å². The first-order valence-corrected chi connectivity index (χ1v) is 16.4. The Labute approximate surface area is 258 Å². The fraction of sp³-hybridized carbons (Fsp3) is 0.400. The number of hydrogen-bond donors (Lipinski definition) is 0. The summed E-state index contributed by atoms with van der Waals surface area (Å²) in [5, 5.41) is 0. The van der Waals surface area contributed by atoms with Crippen LogP contribution in [0.3, 0.4) is 0 Å². The minimum atomic E-state index is 0.380. The molecule has 3 nitrogen and oxygen atoms in total. The van der Waals surface area contributed by atoms with E-state index in [0.29, 0.717) is 23.7 Å². The highest BCUT2D eigenvalue weighted by Gasteiger charge is 2.27. The number of hydrogen-bond acceptors (Lipinski definition) is 1. The number of pyridine rings is 1. The van der Waals surface area contributed by atoms with E-state index in [2.05, 4.69) is 138 Å². The lowest BCUT2D eigenvalue weighted by Gasteiger charge is -2.21. The highest BCUT2D eigenvalue weighted by atomic mass is 15.2. The molecule has 2 aliphatic heterocycles. The molecule has 43 heavy (non-hydrogen) atoms. The van der Waals surface area contributed by atoms with E-state index in [4.69, 9.17) is 4.98 Å². The number of imidazole rings is 1. The number of aromatic nitrogens is 3. The zero-order valence-electron chi connectivity index (χ0n) is 27.3. The molecule has 4 bridgehead atoms. The van der Waals surface area contributed by atoms with Crippen LogP contribution < -0.4 is 4.57 Å². The molecule has 0 radical (unpaired) electrons. The molecule has 0 saturated carbocycles. The van der Waals surface area contributed by atoms with Gasteiger partial charge in [0.15, 0.2) is 0 Å². The van der Waals surface area contributed by atoms with Crippen molar-refractivity contribution in [3.05, 3.63) is 118 Å². The van der Waals surface area contributed by atoms with Gasteiger partial charge in [-0.25, -0.2) is 0 Å². The lowest BCUT2D eigenvalue weighted by atomic mass is 9.92. The molecular weight excluding hydrogens is 522 g/mol.